The Morgan fingerprint density at radius 3 is 2.90 bits per heavy atom. The maximum absolute atomic E-state index is 11.1. The molecule has 1 aromatic carbocycles. The predicted octanol–water partition coefficient (Wildman–Crippen LogP) is 4.76. The standard InChI is InChI=1S/C15H19BrN2O2/c1-10-5-11(2)7-12(6-10)9-17-14-4-3-13(16)8-15(14)18(19)20/h3-5,8,10,12,17H,6-7,9H2,1-2H3. The maximum Gasteiger partial charge on any atom is 0.293 e. The van der Waals surface area contributed by atoms with E-state index in [0.717, 1.165) is 23.9 Å². The van der Waals surface area contributed by atoms with Crippen LogP contribution in [0.1, 0.15) is 26.7 Å². The summed E-state index contributed by atoms with van der Waals surface area (Å²) in [5.41, 5.74) is 2.13. The molecule has 108 valence electrons. The van der Waals surface area contributed by atoms with Crippen LogP contribution in [0.4, 0.5) is 11.4 Å². The van der Waals surface area contributed by atoms with Crippen molar-refractivity contribution in [2.75, 3.05) is 11.9 Å². The zero-order chi connectivity index (χ0) is 14.7. The van der Waals surface area contributed by atoms with Gasteiger partial charge in [-0.1, -0.05) is 34.5 Å². The van der Waals surface area contributed by atoms with E-state index in [1.165, 1.54) is 11.6 Å². The Morgan fingerprint density at radius 1 is 1.50 bits per heavy atom. The summed E-state index contributed by atoms with van der Waals surface area (Å²) in [7, 11) is 0. The van der Waals surface area contributed by atoms with Gasteiger partial charge in [0, 0.05) is 17.1 Å². The Bertz CT molecular complexity index is 543. The fourth-order valence-corrected chi connectivity index (χ4v) is 3.25. The molecule has 0 saturated heterocycles. The second-order valence-electron chi connectivity index (χ2n) is 5.60. The minimum absolute atomic E-state index is 0.121. The summed E-state index contributed by atoms with van der Waals surface area (Å²) in [5, 5.41) is 14.3. The van der Waals surface area contributed by atoms with E-state index in [1.54, 1.807) is 6.07 Å². The number of allylic oxidation sites excluding steroid dienone is 2. The van der Waals surface area contributed by atoms with Crippen LogP contribution >= 0.6 is 15.9 Å². The molecule has 0 aromatic heterocycles. The minimum atomic E-state index is -0.345. The molecule has 5 heteroatoms. The van der Waals surface area contributed by atoms with E-state index in [0.29, 0.717) is 17.5 Å². The molecule has 0 radical (unpaired) electrons. The lowest BCUT2D eigenvalue weighted by atomic mass is 9.84. The monoisotopic (exact) mass is 338 g/mol. The molecule has 0 amide bonds. The highest BCUT2D eigenvalue weighted by atomic mass is 79.9. The van der Waals surface area contributed by atoms with Crippen molar-refractivity contribution in [2.45, 2.75) is 26.7 Å². The molecular weight excluding hydrogens is 320 g/mol. The predicted molar refractivity (Wildman–Crippen MR) is 84.9 cm³/mol. The number of nitro groups is 1. The van der Waals surface area contributed by atoms with E-state index < -0.39 is 0 Å². The Kier molecular flexibility index (Phi) is 4.81. The molecule has 1 aliphatic rings. The maximum atomic E-state index is 11.1. The van der Waals surface area contributed by atoms with Crippen molar-refractivity contribution in [1.29, 1.82) is 0 Å². The van der Waals surface area contributed by atoms with E-state index in [2.05, 4.69) is 41.2 Å². The third kappa shape index (κ3) is 3.82. The van der Waals surface area contributed by atoms with E-state index in [-0.39, 0.29) is 10.6 Å². The van der Waals surface area contributed by atoms with Crippen LogP contribution in [-0.4, -0.2) is 11.5 Å². The Balaban J connectivity index is 2.04. The van der Waals surface area contributed by atoms with Crippen LogP contribution < -0.4 is 5.32 Å². The SMILES string of the molecule is CC1=CC(C)CC(CNc2ccc(Br)cc2[N+](=O)[O-])C1. The topological polar surface area (TPSA) is 55.2 Å². The number of hydrogen-bond donors (Lipinski definition) is 1. The highest BCUT2D eigenvalue weighted by Crippen LogP contribution is 2.31. The van der Waals surface area contributed by atoms with Gasteiger partial charge in [-0.05, 0) is 43.7 Å². The molecule has 2 atom stereocenters. The third-order valence-electron chi connectivity index (χ3n) is 3.62. The highest BCUT2D eigenvalue weighted by molar-refractivity contribution is 9.10. The molecule has 20 heavy (non-hydrogen) atoms. The fourth-order valence-electron chi connectivity index (χ4n) is 2.90. The van der Waals surface area contributed by atoms with Crippen LogP contribution in [0.15, 0.2) is 34.3 Å². The van der Waals surface area contributed by atoms with Gasteiger partial charge in [-0.2, -0.15) is 0 Å². The summed E-state index contributed by atoms with van der Waals surface area (Å²) in [6.45, 7) is 5.15. The quantitative estimate of drug-likeness (QED) is 0.489. The molecule has 1 N–H and O–H groups in total. The molecule has 0 bridgehead atoms. The lowest BCUT2D eigenvalue weighted by molar-refractivity contribution is -0.384. The number of hydrogen-bond acceptors (Lipinski definition) is 3. The minimum Gasteiger partial charge on any atom is -0.379 e. The lowest BCUT2D eigenvalue weighted by Gasteiger charge is -2.25. The first-order valence-electron chi connectivity index (χ1n) is 6.81. The van der Waals surface area contributed by atoms with Gasteiger partial charge < -0.3 is 5.32 Å². The van der Waals surface area contributed by atoms with Gasteiger partial charge in [0.2, 0.25) is 0 Å². The number of rotatable bonds is 4. The number of nitrogens with one attached hydrogen (secondary N) is 1. The van der Waals surface area contributed by atoms with Gasteiger partial charge in [-0.15, -0.1) is 0 Å². The normalized spacial score (nSPS) is 22.2. The van der Waals surface area contributed by atoms with Crippen LogP contribution in [0.5, 0.6) is 0 Å². The van der Waals surface area contributed by atoms with Crippen molar-refractivity contribution in [1.82, 2.24) is 0 Å². The molecule has 0 saturated carbocycles. The molecule has 0 heterocycles. The Labute approximate surface area is 127 Å². The van der Waals surface area contributed by atoms with Crippen LogP contribution in [0, 0.1) is 22.0 Å². The van der Waals surface area contributed by atoms with E-state index >= 15 is 0 Å². The van der Waals surface area contributed by atoms with Gasteiger partial charge in [-0.25, -0.2) is 0 Å². The fraction of sp³-hybridized carbons (Fsp3) is 0.467. The number of nitro benzene ring substituents is 1. The van der Waals surface area contributed by atoms with Crippen molar-refractivity contribution in [3.05, 3.63) is 44.4 Å². The van der Waals surface area contributed by atoms with Crippen molar-refractivity contribution in [3.63, 3.8) is 0 Å². The average Bonchev–Trinajstić information content (AvgIpc) is 2.36. The number of benzene rings is 1. The van der Waals surface area contributed by atoms with Crippen LogP contribution in [0.2, 0.25) is 0 Å². The molecule has 1 aliphatic carbocycles. The van der Waals surface area contributed by atoms with Gasteiger partial charge in [0.1, 0.15) is 5.69 Å². The highest BCUT2D eigenvalue weighted by Gasteiger charge is 2.20. The zero-order valence-electron chi connectivity index (χ0n) is 11.7. The molecule has 0 fully saturated rings. The van der Waals surface area contributed by atoms with Gasteiger partial charge in [0.15, 0.2) is 0 Å². The van der Waals surface area contributed by atoms with E-state index in [9.17, 15) is 10.1 Å². The van der Waals surface area contributed by atoms with Gasteiger partial charge in [0.25, 0.3) is 5.69 Å². The number of halogens is 1. The third-order valence-corrected chi connectivity index (χ3v) is 4.12. The first-order valence-corrected chi connectivity index (χ1v) is 7.60. The summed E-state index contributed by atoms with van der Waals surface area (Å²) < 4.78 is 0.722. The van der Waals surface area contributed by atoms with Gasteiger partial charge in [0.05, 0.1) is 4.92 Å². The largest absolute Gasteiger partial charge is 0.379 e. The number of anilines is 1. The van der Waals surface area contributed by atoms with Crippen molar-refractivity contribution in [2.24, 2.45) is 11.8 Å². The molecule has 0 spiro atoms. The van der Waals surface area contributed by atoms with Crippen molar-refractivity contribution >= 4 is 27.3 Å². The van der Waals surface area contributed by atoms with Crippen LogP contribution in [0.25, 0.3) is 0 Å². The molecule has 0 aliphatic heterocycles. The summed E-state index contributed by atoms with van der Waals surface area (Å²) in [4.78, 5) is 10.7. The molecular formula is C15H19BrN2O2. The second kappa shape index (κ2) is 6.39. The van der Waals surface area contributed by atoms with Crippen LogP contribution in [-0.2, 0) is 0 Å². The van der Waals surface area contributed by atoms with Crippen molar-refractivity contribution in [3.8, 4) is 0 Å². The Morgan fingerprint density at radius 2 is 2.25 bits per heavy atom. The van der Waals surface area contributed by atoms with Gasteiger partial charge in [-0.3, -0.25) is 10.1 Å². The van der Waals surface area contributed by atoms with E-state index in [1.807, 2.05) is 6.07 Å². The summed E-state index contributed by atoms with van der Waals surface area (Å²) in [5.74, 6) is 1.13. The molecule has 2 rings (SSSR count). The first-order chi connectivity index (χ1) is 9.45. The Hall–Kier alpha value is -1.36. The second-order valence-corrected chi connectivity index (χ2v) is 6.51. The van der Waals surface area contributed by atoms with E-state index in [4.69, 9.17) is 0 Å². The summed E-state index contributed by atoms with van der Waals surface area (Å²) in [6, 6.07) is 5.12. The summed E-state index contributed by atoms with van der Waals surface area (Å²) in [6.07, 6.45) is 4.52. The smallest absolute Gasteiger partial charge is 0.293 e. The summed E-state index contributed by atoms with van der Waals surface area (Å²) >= 11 is 3.27. The molecule has 2 unspecified atom stereocenters. The van der Waals surface area contributed by atoms with Gasteiger partial charge >= 0.3 is 0 Å². The van der Waals surface area contributed by atoms with Crippen molar-refractivity contribution < 1.29 is 4.92 Å². The first kappa shape index (κ1) is 15.0. The lowest BCUT2D eigenvalue weighted by Crippen LogP contribution is -2.20. The molecule has 4 nitrogen and oxygen atoms in total. The number of nitrogens with zero attached hydrogens (tertiary/aromatic N) is 1. The zero-order valence-corrected chi connectivity index (χ0v) is 13.3. The average molecular weight is 339 g/mol. The molecule has 1 aromatic rings. The van der Waals surface area contributed by atoms with Crippen LogP contribution in [0.3, 0.4) is 0 Å².